The van der Waals surface area contributed by atoms with Gasteiger partial charge in [0, 0.05) is 37.8 Å². The van der Waals surface area contributed by atoms with E-state index in [1.807, 2.05) is 17.9 Å². The van der Waals surface area contributed by atoms with Gasteiger partial charge in [0.2, 0.25) is 5.91 Å². The molecule has 0 N–H and O–H groups in total. The molecule has 0 radical (unpaired) electrons. The number of carbonyl (C=O) groups excluding carboxylic acids is 1. The van der Waals surface area contributed by atoms with Crippen molar-refractivity contribution in [3.05, 3.63) is 65.7 Å². The number of piperidine rings is 1. The smallest absolute Gasteiger partial charge is 0.226 e. The van der Waals surface area contributed by atoms with Crippen molar-refractivity contribution < 1.29 is 4.79 Å². The summed E-state index contributed by atoms with van der Waals surface area (Å²) in [7, 11) is 0. The number of carbonyl (C=O) groups is 1. The van der Waals surface area contributed by atoms with Gasteiger partial charge in [-0.1, -0.05) is 49.4 Å². The Morgan fingerprint density at radius 2 is 1.80 bits per heavy atom. The minimum atomic E-state index is 0.229. The number of aryl methyl sites for hydroxylation is 1. The molecule has 0 unspecified atom stereocenters. The van der Waals surface area contributed by atoms with Gasteiger partial charge in [0.15, 0.2) is 0 Å². The van der Waals surface area contributed by atoms with Crippen LogP contribution in [0.15, 0.2) is 54.6 Å². The molecule has 1 aliphatic rings. The summed E-state index contributed by atoms with van der Waals surface area (Å²) >= 11 is 0. The number of hydrogen-bond donors (Lipinski definition) is 0. The molecule has 0 saturated carbocycles. The lowest BCUT2D eigenvalue weighted by Gasteiger charge is -2.38. The summed E-state index contributed by atoms with van der Waals surface area (Å²) in [4.78, 5) is 17.2. The molecule has 1 fully saturated rings. The molecular formula is C22H28N2O. The van der Waals surface area contributed by atoms with E-state index in [1.54, 1.807) is 0 Å². The average Bonchev–Trinajstić information content (AvgIpc) is 2.64. The SMILES string of the molecule is CCC(=O)N(c1cccc(C)c1)C1CCN(Cc2ccccc2)CC1. The highest BCUT2D eigenvalue weighted by molar-refractivity contribution is 5.93. The lowest BCUT2D eigenvalue weighted by molar-refractivity contribution is -0.119. The largest absolute Gasteiger partial charge is 0.309 e. The first kappa shape index (κ1) is 17.7. The predicted octanol–water partition coefficient (Wildman–Crippen LogP) is 4.40. The quantitative estimate of drug-likeness (QED) is 0.808. The lowest BCUT2D eigenvalue weighted by atomic mass is 10.0. The summed E-state index contributed by atoms with van der Waals surface area (Å²) in [5, 5.41) is 0. The second-order valence-electron chi connectivity index (χ2n) is 6.95. The topological polar surface area (TPSA) is 23.6 Å². The summed E-state index contributed by atoms with van der Waals surface area (Å²) < 4.78 is 0. The zero-order valence-corrected chi connectivity index (χ0v) is 15.3. The Balaban J connectivity index is 1.67. The van der Waals surface area contributed by atoms with Gasteiger partial charge < -0.3 is 4.90 Å². The van der Waals surface area contributed by atoms with Crippen molar-refractivity contribution in [3.63, 3.8) is 0 Å². The zero-order valence-electron chi connectivity index (χ0n) is 15.3. The van der Waals surface area contributed by atoms with Crippen molar-refractivity contribution in [1.82, 2.24) is 4.90 Å². The first-order valence-corrected chi connectivity index (χ1v) is 9.32. The molecule has 0 atom stereocenters. The Labute approximate surface area is 151 Å². The van der Waals surface area contributed by atoms with Gasteiger partial charge in [0.25, 0.3) is 0 Å². The molecule has 25 heavy (non-hydrogen) atoms. The second kappa shape index (κ2) is 8.30. The van der Waals surface area contributed by atoms with Gasteiger partial charge in [-0.05, 0) is 43.0 Å². The van der Waals surface area contributed by atoms with Gasteiger partial charge in [-0.25, -0.2) is 0 Å². The van der Waals surface area contributed by atoms with E-state index in [4.69, 9.17) is 0 Å². The van der Waals surface area contributed by atoms with E-state index in [-0.39, 0.29) is 5.91 Å². The molecule has 132 valence electrons. The molecule has 2 aromatic carbocycles. The van der Waals surface area contributed by atoms with E-state index < -0.39 is 0 Å². The summed E-state index contributed by atoms with van der Waals surface area (Å²) in [6.07, 6.45) is 2.62. The molecule has 3 rings (SSSR count). The number of nitrogens with zero attached hydrogens (tertiary/aromatic N) is 2. The van der Waals surface area contributed by atoms with Gasteiger partial charge in [-0.2, -0.15) is 0 Å². The fourth-order valence-electron chi connectivity index (χ4n) is 3.68. The molecule has 0 spiro atoms. The molecule has 0 bridgehead atoms. The van der Waals surface area contributed by atoms with Crippen LogP contribution in [0.2, 0.25) is 0 Å². The molecule has 1 heterocycles. The van der Waals surface area contributed by atoms with E-state index in [0.29, 0.717) is 12.5 Å². The minimum Gasteiger partial charge on any atom is -0.309 e. The molecule has 1 saturated heterocycles. The Kier molecular flexibility index (Phi) is 5.87. The third-order valence-corrected chi connectivity index (χ3v) is 5.02. The fourth-order valence-corrected chi connectivity index (χ4v) is 3.68. The van der Waals surface area contributed by atoms with Crippen LogP contribution in [-0.4, -0.2) is 29.9 Å². The monoisotopic (exact) mass is 336 g/mol. The standard InChI is InChI=1S/C22H28N2O/c1-3-22(25)24(21-11-7-8-18(2)16-21)20-12-14-23(15-13-20)17-19-9-5-4-6-10-19/h4-11,16,20H,3,12-15,17H2,1-2H3. The highest BCUT2D eigenvalue weighted by Gasteiger charge is 2.28. The average molecular weight is 336 g/mol. The maximum atomic E-state index is 12.6. The Hall–Kier alpha value is -2.13. The molecule has 3 nitrogen and oxygen atoms in total. The highest BCUT2D eigenvalue weighted by atomic mass is 16.2. The summed E-state index contributed by atoms with van der Waals surface area (Å²) in [5.41, 5.74) is 3.61. The Bertz CT molecular complexity index is 690. The van der Waals surface area contributed by atoms with E-state index >= 15 is 0 Å². The van der Waals surface area contributed by atoms with E-state index in [9.17, 15) is 4.79 Å². The molecule has 1 aliphatic heterocycles. The van der Waals surface area contributed by atoms with Gasteiger partial charge >= 0.3 is 0 Å². The van der Waals surface area contributed by atoms with Crippen molar-refractivity contribution >= 4 is 11.6 Å². The van der Waals surface area contributed by atoms with E-state index in [0.717, 1.165) is 38.2 Å². The molecule has 1 amide bonds. The number of anilines is 1. The third kappa shape index (κ3) is 4.49. The third-order valence-electron chi connectivity index (χ3n) is 5.02. The molecular weight excluding hydrogens is 308 g/mol. The van der Waals surface area contributed by atoms with Crippen LogP contribution in [0, 0.1) is 6.92 Å². The Morgan fingerprint density at radius 3 is 2.44 bits per heavy atom. The summed E-state index contributed by atoms with van der Waals surface area (Å²) in [5.74, 6) is 0.229. The van der Waals surface area contributed by atoms with E-state index in [2.05, 4.69) is 60.4 Å². The number of hydrogen-bond acceptors (Lipinski definition) is 2. The van der Waals surface area contributed by atoms with Crippen molar-refractivity contribution in [1.29, 1.82) is 0 Å². The van der Waals surface area contributed by atoms with Crippen LogP contribution in [0.1, 0.15) is 37.3 Å². The van der Waals surface area contributed by atoms with Gasteiger partial charge in [-0.15, -0.1) is 0 Å². The first-order chi connectivity index (χ1) is 12.2. The van der Waals surface area contributed by atoms with Crippen LogP contribution in [0.4, 0.5) is 5.69 Å². The molecule has 0 aromatic heterocycles. The molecule has 3 heteroatoms. The van der Waals surface area contributed by atoms with Crippen LogP contribution in [0.25, 0.3) is 0 Å². The van der Waals surface area contributed by atoms with E-state index in [1.165, 1.54) is 11.1 Å². The minimum absolute atomic E-state index is 0.229. The molecule has 2 aromatic rings. The van der Waals surface area contributed by atoms with Gasteiger partial charge in [0.1, 0.15) is 0 Å². The molecule has 0 aliphatic carbocycles. The van der Waals surface area contributed by atoms with Crippen LogP contribution in [-0.2, 0) is 11.3 Å². The highest BCUT2D eigenvalue weighted by Crippen LogP contribution is 2.26. The number of rotatable bonds is 5. The first-order valence-electron chi connectivity index (χ1n) is 9.32. The van der Waals surface area contributed by atoms with Gasteiger partial charge in [-0.3, -0.25) is 9.69 Å². The zero-order chi connectivity index (χ0) is 17.6. The Morgan fingerprint density at radius 1 is 1.08 bits per heavy atom. The fraction of sp³-hybridized carbons (Fsp3) is 0.409. The predicted molar refractivity (Wildman–Crippen MR) is 104 cm³/mol. The normalized spacial score (nSPS) is 15.9. The maximum Gasteiger partial charge on any atom is 0.226 e. The summed E-state index contributed by atoms with van der Waals surface area (Å²) in [6, 6.07) is 19.3. The van der Waals surface area contributed by atoms with Crippen molar-refractivity contribution in [2.45, 2.75) is 45.7 Å². The number of benzene rings is 2. The van der Waals surface area contributed by atoms with Crippen LogP contribution in [0.5, 0.6) is 0 Å². The second-order valence-corrected chi connectivity index (χ2v) is 6.95. The van der Waals surface area contributed by atoms with Crippen molar-refractivity contribution in [2.75, 3.05) is 18.0 Å². The van der Waals surface area contributed by atoms with Gasteiger partial charge in [0.05, 0.1) is 0 Å². The summed E-state index contributed by atoms with van der Waals surface area (Å²) in [6.45, 7) is 7.12. The van der Waals surface area contributed by atoms with Crippen LogP contribution in [0.3, 0.4) is 0 Å². The lowest BCUT2D eigenvalue weighted by Crippen LogP contribution is -2.47. The van der Waals surface area contributed by atoms with Crippen molar-refractivity contribution in [3.8, 4) is 0 Å². The number of likely N-dealkylation sites (tertiary alicyclic amines) is 1. The van der Waals surface area contributed by atoms with Crippen LogP contribution >= 0.6 is 0 Å². The number of amides is 1. The van der Waals surface area contributed by atoms with Crippen molar-refractivity contribution in [2.24, 2.45) is 0 Å². The van der Waals surface area contributed by atoms with Crippen LogP contribution < -0.4 is 4.90 Å². The maximum absolute atomic E-state index is 12.6.